The first-order valence-electron chi connectivity index (χ1n) is 6.38. The molecule has 0 heterocycles. The summed E-state index contributed by atoms with van der Waals surface area (Å²) in [7, 11) is 0. The SMILES string of the molecule is CCOc1c(C(=O)N(CCCl)CCCl)cccc1[N+](=O)[O-]. The van der Waals surface area contributed by atoms with E-state index < -0.39 is 4.92 Å². The van der Waals surface area contributed by atoms with Gasteiger partial charge in [-0.05, 0) is 13.0 Å². The molecule has 0 atom stereocenters. The second-order valence-corrected chi connectivity index (χ2v) is 4.77. The van der Waals surface area contributed by atoms with Crippen LogP contribution in [0.1, 0.15) is 17.3 Å². The Labute approximate surface area is 132 Å². The minimum Gasteiger partial charge on any atom is -0.487 e. The fourth-order valence-corrected chi connectivity index (χ4v) is 2.23. The van der Waals surface area contributed by atoms with Crippen molar-refractivity contribution in [3.63, 3.8) is 0 Å². The number of rotatable bonds is 8. The molecule has 0 aliphatic heterocycles. The molecular formula is C13H16Cl2N2O4. The highest BCUT2D eigenvalue weighted by Gasteiger charge is 2.25. The minimum absolute atomic E-state index is 0.0239. The summed E-state index contributed by atoms with van der Waals surface area (Å²) in [5.74, 6) is 0.0934. The fourth-order valence-electron chi connectivity index (χ4n) is 1.82. The number of halogens is 2. The van der Waals surface area contributed by atoms with E-state index in [4.69, 9.17) is 27.9 Å². The maximum atomic E-state index is 12.5. The Hall–Kier alpha value is -1.53. The molecule has 8 heteroatoms. The molecule has 1 aromatic rings. The smallest absolute Gasteiger partial charge is 0.311 e. The second kappa shape index (κ2) is 8.69. The van der Waals surface area contributed by atoms with Crippen LogP contribution in [0.15, 0.2) is 18.2 Å². The fraction of sp³-hybridized carbons (Fsp3) is 0.462. The molecule has 0 N–H and O–H groups in total. The zero-order valence-electron chi connectivity index (χ0n) is 11.6. The lowest BCUT2D eigenvalue weighted by atomic mass is 10.1. The Morgan fingerprint density at radius 2 is 1.95 bits per heavy atom. The van der Waals surface area contributed by atoms with Crippen molar-refractivity contribution in [3.8, 4) is 5.75 Å². The van der Waals surface area contributed by atoms with Gasteiger partial charge in [0.05, 0.1) is 17.1 Å². The number of nitro groups is 1. The summed E-state index contributed by atoms with van der Waals surface area (Å²) in [4.78, 5) is 24.4. The number of para-hydroxylation sites is 1. The van der Waals surface area contributed by atoms with Crippen molar-refractivity contribution >= 4 is 34.8 Å². The number of ether oxygens (including phenoxy) is 1. The van der Waals surface area contributed by atoms with Gasteiger partial charge in [0.1, 0.15) is 0 Å². The van der Waals surface area contributed by atoms with Gasteiger partial charge in [-0.1, -0.05) is 6.07 Å². The molecule has 116 valence electrons. The lowest BCUT2D eigenvalue weighted by Gasteiger charge is -2.21. The van der Waals surface area contributed by atoms with Crippen molar-refractivity contribution in [3.05, 3.63) is 33.9 Å². The van der Waals surface area contributed by atoms with Gasteiger partial charge in [-0.15, -0.1) is 23.2 Å². The van der Waals surface area contributed by atoms with Crippen LogP contribution in [0.4, 0.5) is 5.69 Å². The van der Waals surface area contributed by atoms with E-state index in [2.05, 4.69) is 0 Å². The summed E-state index contributed by atoms with van der Waals surface area (Å²) in [6.07, 6.45) is 0. The van der Waals surface area contributed by atoms with Gasteiger partial charge in [0.25, 0.3) is 5.91 Å². The van der Waals surface area contributed by atoms with Crippen LogP contribution >= 0.6 is 23.2 Å². The Kier molecular flexibility index (Phi) is 7.25. The Morgan fingerprint density at radius 3 is 2.43 bits per heavy atom. The van der Waals surface area contributed by atoms with Gasteiger partial charge in [0, 0.05) is 30.9 Å². The lowest BCUT2D eigenvalue weighted by Crippen LogP contribution is -2.34. The van der Waals surface area contributed by atoms with Crippen LogP contribution < -0.4 is 4.74 Å². The van der Waals surface area contributed by atoms with Crippen molar-refractivity contribution in [2.24, 2.45) is 0 Å². The topological polar surface area (TPSA) is 72.7 Å². The number of nitro benzene ring substituents is 1. The minimum atomic E-state index is -0.574. The number of carbonyl (C=O) groups is 1. The molecule has 6 nitrogen and oxygen atoms in total. The zero-order chi connectivity index (χ0) is 15.8. The largest absolute Gasteiger partial charge is 0.487 e. The standard InChI is InChI=1S/C13H16Cl2N2O4/c1-2-21-12-10(4-3-5-11(12)17(19)20)13(18)16(8-6-14)9-7-15/h3-5H,2,6-9H2,1H3. The molecule has 21 heavy (non-hydrogen) atoms. The van der Waals surface area contributed by atoms with Crippen molar-refractivity contribution < 1.29 is 14.5 Å². The molecule has 0 saturated carbocycles. The molecule has 0 aromatic heterocycles. The molecule has 0 spiro atoms. The third-order valence-corrected chi connectivity index (χ3v) is 3.04. The monoisotopic (exact) mass is 334 g/mol. The molecule has 0 bridgehead atoms. The second-order valence-electron chi connectivity index (χ2n) is 4.01. The molecule has 0 saturated heterocycles. The summed E-state index contributed by atoms with van der Waals surface area (Å²) in [5, 5.41) is 11.1. The molecule has 0 aliphatic carbocycles. The summed E-state index contributed by atoms with van der Waals surface area (Å²) < 4.78 is 5.30. The Morgan fingerprint density at radius 1 is 1.33 bits per heavy atom. The number of alkyl halides is 2. The summed E-state index contributed by atoms with van der Waals surface area (Å²) >= 11 is 11.3. The number of carbonyl (C=O) groups excluding carboxylic acids is 1. The van der Waals surface area contributed by atoms with Crippen molar-refractivity contribution in [2.45, 2.75) is 6.92 Å². The molecule has 0 aliphatic rings. The number of benzene rings is 1. The molecule has 1 aromatic carbocycles. The summed E-state index contributed by atoms with van der Waals surface area (Å²) in [6.45, 7) is 2.53. The van der Waals surface area contributed by atoms with Crippen LogP contribution in [-0.2, 0) is 0 Å². The lowest BCUT2D eigenvalue weighted by molar-refractivity contribution is -0.385. The Bertz CT molecular complexity index is 505. The van der Waals surface area contributed by atoms with Crippen molar-refractivity contribution in [1.82, 2.24) is 4.90 Å². The first-order chi connectivity index (χ1) is 10.1. The van der Waals surface area contributed by atoms with Crippen LogP contribution in [0.5, 0.6) is 5.75 Å². The zero-order valence-corrected chi connectivity index (χ0v) is 13.1. The number of amides is 1. The van der Waals surface area contributed by atoms with E-state index in [9.17, 15) is 14.9 Å². The highest BCUT2D eigenvalue weighted by Crippen LogP contribution is 2.31. The highest BCUT2D eigenvalue weighted by molar-refractivity contribution is 6.18. The van der Waals surface area contributed by atoms with Gasteiger partial charge in [0.2, 0.25) is 5.75 Å². The number of hydrogen-bond donors (Lipinski definition) is 0. The van der Waals surface area contributed by atoms with Crippen LogP contribution in [-0.4, -0.2) is 47.2 Å². The van der Waals surface area contributed by atoms with Crippen LogP contribution in [0.25, 0.3) is 0 Å². The molecule has 1 rings (SSSR count). The molecular weight excluding hydrogens is 319 g/mol. The van der Waals surface area contributed by atoms with Crippen molar-refractivity contribution in [1.29, 1.82) is 0 Å². The maximum Gasteiger partial charge on any atom is 0.311 e. The average Bonchev–Trinajstić information content (AvgIpc) is 2.46. The Balaban J connectivity index is 3.23. The van der Waals surface area contributed by atoms with Gasteiger partial charge in [-0.3, -0.25) is 14.9 Å². The summed E-state index contributed by atoms with van der Waals surface area (Å²) in [6, 6.07) is 4.25. The van der Waals surface area contributed by atoms with E-state index in [1.165, 1.54) is 23.1 Å². The molecule has 0 unspecified atom stereocenters. The third kappa shape index (κ3) is 4.47. The van der Waals surface area contributed by atoms with E-state index in [-0.39, 0.29) is 41.3 Å². The van der Waals surface area contributed by atoms with Crippen molar-refractivity contribution in [2.75, 3.05) is 31.5 Å². The highest BCUT2D eigenvalue weighted by atomic mass is 35.5. The molecule has 0 radical (unpaired) electrons. The first-order valence-corrected chi connectivity index (χ1v) is 7.45. The predicted octanol–water partition coefficient (Wildman–Crippen LogP) is 2.91. The number of hydrogen-bond acceptors (Lipinski definition) is 4. The average molecular weight is 335 g/mol. The van der Waals surface area contributed by atoms with E-state index >= 15 is 0 Å². The first kappa shape index (κ1) is 17.5. The van der Waals surface area contributed by atoms with Gasteiger partial charge in [-0.2, -0.15) is 0 Å². The van der Waals surface area contributed by atoms with E-state index in [1.54, 1.807) is 6.92 Å². The van der Waals surface area contributed by atoms with E-state index in [0.29, 0.717) is 13.1 Å². The van der Waals surface area contributed by atoms with Crippen LogP contribution in [0.3, 0.4) is 0 Å². The number of nitrogens with zero attached hydrogens (tertiary/aromatic N) is 2. The van der Waals surface area contributed by atoms with Gasteiger partial charge >= 0.3 is 5.69 Å². The third-order valence-electron chi connectivity index (χ3n) is 2.71. The van der Waals surface area contributed by atoms with Gasteiger partial charge in [0.15, 0.2) is 0 Å². The van der Waals surface area contributed by atoms with Crippen LogP contribution in [0.2, 0.25) is 0 Å². The molecule has 0 fully saturated rings. The van der Waals surface area contributed by atoms with Crippen LogP contribution in [0, 0.1) is 10.1 Å². The summed E-state index contributed by atoms with van der Waals surface area (Å²) in [5.41, 5.74) is -0.0966. The van der Waals surface area contributed by atoms with E-state index in [1.807, 2.05) is 0 Å². The maximum absolute atomic E-state index is 12.5. The van der Waals surface area contributed by atoms with Gasteiger partial charge < -0.3 is 9.64 Å². The molecule has 1 amide bonds. The normalized spacial score (nSPS) is 10.2. The quantitative estimate of drug-likeness (QED) is 0.416. The van der Waals surface area contributed by atoms with Gasteiger partial charge in [-0.25, -0.2) is 0 Å². The predicted molar refractivity (Wildman–Crippen MR) is 81.6 cm³/mol. The van der Waals surface area contributed by atoms with E-state index in [0.717, 1.165) is 0 Å².